The third-order valence-corrected chi connectivity index (χ3v) is 5.61. The minimum Gasteiger partial charge on any atom is -0.495 e. The number of hydrogen-bond donors (Lipinski definition) is 2. The number of methoxy groups -OCH3 is 2. The first-order valence-corrected chi connectivity index (χ1v) is 10.5. The van der Waals surface area contributed by atoms with Gasteiger partial charge in [0.2, 0.25) is 5.88 Å². The maximum atomic E-state index is 12.9. The second-order valence-electron chi connectivity index (χ2n) is 6.32. The highest BCUT2D eigenvalue weighted by atomic mass is 32.2. The summed E-state index contributed by atoms with van der Waals surface area (Å²) in [4.78, 5) is 26.7. The Hall–Kier alpha value is -4.19. The quantitative estimate of drug-likeness (QED) is 0.386. The van der Waals surface area contributed by atoms with Gasteiger partial charge in [0, 0.05) is 23.8 Å². The van der Waals surface area contributed by atoms with Crippen molar-refractivity contribution in [3.05, 3.63) is 76.5 Å². The van der Waals surface area contributed by atoms with Crippen LogP contribution in [-0.4, -0.2) is 38.5 Å². The van der Waals surface area contributed by atoms with Gasteiger partial charge in [0.1, 0.15) is 5.75 Å². The van der Waals surface area contributed by atoms with Crippen molar-refractivity contribution >= 4 is 33.0 Å². The van der Waals surface area contributed by atoms with Gasteiger partial charge in [-0.15, -0.1) is 0 Å². The van der Waals surface area contributed by atoms with Crippen LogP contribution in [0.3, 0.4) is 0 Å². The number of amides is 1. The van der Waals surface area contributed by atoms with Gasteiger partial charge in [0.25, 0.3) is 21.6 Å². The average Bonchev–Trinajstić information content (AvgIpc) is 2.79. The smallest absolute Gasteiger partial charge is 0.271 e. The number of anilines is 2. The molecule has 0 aliphatic heterocycles. The Balaban J connectivity index is 1.85. The number of ether oxygens (including phenoxy) is 2. The molecule has 0 bridgehead atoms. The maximum Gasteiger partial charge on any atom is 0.271 e. The lowest BCUT2D eigenvalue weighted by Gasteiger charge is -2.12. The van der Waals surface area contributed by atoms with Crippen LogP contribution in [0.4, 0.5) is 17.1 Å². The van der Waals surface area contributed by atoms with Gasteiger partial charge in [-0.25, -0.2) is 13.4 Å². The minimum atomic E-state index is -4.19. The number of nitrogens with one attached hydrogen (secondary N) is 2. The highest BCUT2D eigenvalue weighted by molar-refractivity contribution is 7.92. The number of sulfonamides is 1. The SMILES string of the molecule is COc1ccc(NC(=O)c2cccc(S(=O)(=O)Nc3cc([N+](=O)[O-])ccc3OC)c2)cn1. The molecule has 166 valence electrons. The van der Waals surface area contributed by atoms with Crippen molar-refractivity contribution in [2.75, 3.05) is 24.3 Å². The predicted molar refractivity (Wildman–Crippen MR) is 116 cm³/mol. The summed E-state index contributed by atoms with van der Waals surface area (Å²) in [5.41, 5.74) is 0.0452. The van der Waals surface area contributed by atoms with Crippen molar-refractivity contribution in [3.63, 3.8) is 0 Å². The molecule has 2 aromatic carbocycles. The van der Waals surface area contributed by atoms with Crippen molar-refractivity contribution in [1.29, 1.82) is 0 Å². The van der Waals surface area contributed by atoms with E-state index in [1.54, 1.807) is 12.1 Å². The standard InChI is InChI=1S/C20H18N4O7S/c1-30-18-8-7-15(24(26)27)11-17(18)23-32(28,29)16-5-3-4-13(10-16)20(25)22-14-6-9-19(31-2)21-12-14/h3-12,23H,1-2H3,(H,22,25). The van der Waals surface area contributed by atoms with E-state index in [9.17, 15) is 23.3 Å². The van der Waals surface area contributed by atoms with Crippen molar-refractivity contribution < 1.29 is 27.6 Å². The molecule has 0 radical (unpaired) electrons. The molecule has 0 atom stereocenters. The number of hydrogen-bond acceptors (Lipinski definition) is 8. The highest BCUT2D eigenvalue weighted by Crippen LogP contribution is 2.31. The molecule has 32 heavy (non-hydrogen) atoms. The fourth-order valence-corrected chi connectivity index (χ4v) is 3.78. The Bertz CT molecular complexity index is 1260. The molecule has 3 rings (SSSR count). The molecular weight excluding hydrogens is 440 g/mol. The molecule has 0 saturated carbocycles. The Morgan fingerprint density at radius 1 is 1.06 bits per heavy atom. The summed E-state index contributed by atoms with van der Waals surface area (Å²) in [6.45, 7) is 0. The topological polar surface area (TPSA) is 150 Å². The number of rotatable bonds is 8. The lowest BCUT2D eigenvalue weighted by Crippen LogP contribution is -2.16. The minimum absolute atomic E-state index is 0.0784. The maximum absolute atomic E-state index is 12.9. The van der Waals surface area contributed by atoms with E-state index in [-0.39, 0.29) is 27.6 Å². The second kappa shape index (κ2) is 9.31. The number of pyridine rings is 1. The largest absolute Gasteiger partial charge is 0.495 e. The molecular formula is C20H18N4O7S. The van der Waals surface area contributed by atoms with Crippen LogP contribution in [0, 0.1) is 10.1 Å². The Labute approximate surface area is 183 Å². The van der Waals surface area contributed by atoms with Crippen LogP contribution in [0.1, 0.15) is 10.4 Å². The molecule has 0 unspecified atom stereocenters. The molecule has 0 aliphatic carbocycles. The Morgan fingerprint density at radius 3 is 2.47 bits per heavy atom. The molecule has 11 nitrogen and oxygen atoms in total. The van der Waals surface area contributed by atoms with Gasteiger partial charge in [-0.1, -0.05) is 6.07 Å². The zero-order valence-electron chi connectivity index (χ0n) is 16.9. The van der Waals surface area contributed by atoms with Crippen LogP contribution in [0.15, 0.2) is 65.7 Å². The van der Waals surface area contributed by atoms with E-state index in [2.05, 4.69) is 15.0 Å². The summed E-state index contributed by atoms with van der Waals surface area (Å²) in [7, 11) is -1.42. The van der Waals surface area contributed by atoms with E-state index in [0.717, 1.165) is 6.07 Å². The van der Waals surface area contributed by atoms with E-state index in [1.807, 2.05) is 0 Å². The number of benzene rings is 2. The van der Waals surface area contributed by atoms with Gasteiger partial charge in [-0.3, -0.25) is 19.6 Å². The van der Waals surface area contributed by atoms with E-state index < -0.39 is 20.9 Å². The van der Waals surface area contributed by atoms with Crippen LogP contribution in [0.25, 0.3) is 0 Å². The lowest BCUT2D eigenvalue weighted by molar-refractivity contribution is -0.384. The van der Waals surface area contributed by atoms with Crippen molar-refractivity contribution in [3.8, 4) is 11.6 Å². The number of non-ortho nitro benzene ring substituents is 1. The molecule has 0 fully saturated rings. The van der Waals surface area contributed by atoms with Gasteiger partial charge in [0.15, 0.2) is 0 Å². The van der Waals surface area contributed by atoms with Gasteiger partial charge in [0.05, 0.1) is 41.6 Å². The lowest BCUT2D eigenvalue weighted by atomic mass is 10.2. The first-order chi connectivity index (χ1) is 15.2. The van der Waals surface area contributed by atoms with Crippen LogP contribution >= 0.6 is 0 Å². The summed E-state index contributed by atoms with van der Waals surface area (Å²) in [6, 6.07) is 12.0. The molecule has 1 amide bonds. The zero-order valence-corrected chi connectivity index (χ0v) is 17.8. The van der Waals surface area contributed by atoms with Crippen LogP contribution in [0.2, 0.25) is 0 Å². The fourth-order valence-electron chi connectivity index (χ4n) is 2.68. The van der Waals surface area contributed by atoms with Gasteiger partial charge in [-0.05, 0) is 30.3 Å². The number of carbonyl (C=O) groups excluding carboxylic acids is 1. The predicted octanol–water partition coefficient (Wildman–Crippen LogP) is 3.06. The van der Waals surface area contributed by atoms with E-state index in [1.165, 1.54) is 56.8 Å². The highest BCUT2D eigenvalue weighted by Gasteiger charge is 2.20. The van der Waals surface area contributed by atoms with Crippen LogP contribution in [0.5, 0.6) is 11.6 Å². The van der Waals surface area contributed by atoms with Gasteiger partial charge >= 0.3 is 0 Å². The van der Waals surface area contributed by atoms with E-state index in [4.69, 9.17) is 9.47 Å². The number of nitrogens with zero attached hydrogens (tertiary/aromatic N) is 2. The Morgan fingerprint density at radius 2 is 1.84 bits per heavy atom. The summed E-state index contributed by atoms with van der Waals surface area (Å²) in [5.74, 6) is -0.0826. The summed E-state index contributed by atoms with van der Waals surface area (Å²) >= 11 is 0. The Kier molecular flexibility index (Phi) is 6.54. The van der Waals surface area contributed by atoms with Crippen LogP contribution in [-0.2, 0) is 10.0 Å². The average molecular weight is 458 g/mol. The number of aromatic nitrogens is 1. The number of nitro groups is 1. The molecule has 0 saturated heterocycles. The number of carbonyl (C=O) groups is 1. The molecule has 1 heterocycles. The molecule has 1 aromatic heterocycles. The third-order valence-electron chi connectivity index (χ3n) is 4.25. The first kappa shape index (κ1) is 22.5. The monoisotopic (exact) mass is 458 g/mol. The molecule has 3 aromatic rings. The van der Waals surface area contributed by atoms with Gasteiger partial charge < -0.3 is 14.8 Å². The molecule has 0 aliphatic rings. The van der Waals surface area contributed by atoms with E-state index >= 15 is 0 Å². The molecule has 12 heteroatoms. The summed E-state index contributed by atoms with van der Waals surface area (Å²) in [6.07, 6.45) is 1.40. The first-order valence-electron chi connectivity index (χ1n) is 9.00. The summed E-state index contributed by atoms with van der Waals surface area (Å²) in [5, 5.41) is 13.6. The normalized spacial score (nSPS) is 10.8. The number of nitro benzene ring substituents is 1. The second-order valence-corrected chi connectivity index (χ2v) is 8.00. The third kappa shape index (κ3) is 5.10. The molecule has 0 spiro atoms. The summed E-state index contributed by atoms with van der Waals surface area (Å²) < 4.78 is 38.0. The van der Waals surface area contributed by atoms with E-state index in [0.29, 0.717) is 11.6 Å². The fraction of sp³-hybridized carbons (Fsp3) is 0.100. The van der Waals surface area contributed by atoms with Crippen molar-refractivity contribution in [1.82, 2.24) is 4.98 Å². The van der Waals surface area contributed by atoms with Crippen LogP contribution < -0.4 is 19.5 Å². The van der Waals surface area contributed by atoms with Crippen molar-refractivity contribution in [2.24, 2.45) is 0 Å². The van der Waals surface area contributed by atoms with Crippen molar-refractivity contribution in [2.45, 2.75) is 4.90 Å². The molecule has 2 N–H and O–H groups in total. The zero-order chi connectivity index (χ0) is 23.3. The van der Waals surface area contributed by atoms with Gasteiger partial charge in [-0.2, -0.15) is 0 Å².